The molecule has 0 spiro atoms. The molecule has 1 amide bonds. The maximum atomic E-state index is 12.5. The highest BCUT2D eigenvalue weighted by Gasteiger charge is 2.50. The summed E-state index contributed by atoms with van der Waals surface area (Å²) in [6.45, 7) is 4.60. The Balaban J connectivity index is 1.23. The third-order valence-electron chi connectivity index (χ3n) is 7.64. The Hall–Kier alpha value is -2.33. The summed E-state index contributed by atoms with van der Waals surface area (Å²) in [6, 6.07) is 18.3. The summed E-state index contributed by atoms with van der Waals surface area (Å²) in [5, 5.41) is 0. The van der Waals surface area contributed by atoms with Gasteiger partial charge >= 0.3 is 0 Å². The number of ether oxygens (including phenoxy) is 2. The lowest BCUT2D eigenvalue weighted by molar-refractivity contribution is -0.192. The molecule has 4 nitrogen and oxygen atoms in total. The fourth-order valence-electron chi connectivity index (χ4n) is 5.31. The van der Waals surface area contributed by atoms with Crippen LogP contribution < -0.4 is 4.74 Å². The minimum Gasteiger partial charge on any atom is -0.457 e. The van der Waals surface area contributed by atoms with E-state index in [1.54, 1.807) is 0 Å². The summed E-state index contributed by atoms with van der Waals surface area (Å²) in [5.74, 6) is 2.40. The number of carbonyl (C=O) groups excluding carboxylic acids is 1. The lowest BCUT2D eigenvalue weighted by Gasteiger charge is -2.54. The number of benzene rings is 2. The third-order valence-corrected chi connectivity index (χ3v) is 7.64. The van der Waals surface area contributed by atoms with E-state index < -0.39 is 0 Å². The maximum absolute atomic E-state index is 12.5. The first-order valence-corrected chi connectivity index (χ1v) is 11.9. The van der Waals surface area contributed by atoms with Crippen molar-refractivity contribution in [2.24, 2.45) is 11.3 Å². The average Bonchev–Trinajstić information content (AvgIpc) is 3.67. The molecular formula is C27H33NO3. The second kappa shape index (κ2) is 8.31. The van der Waals surface area contributed by atoms with Crippen LogP contribution >= 0.6 is 0 Å². The van der Waals surface area contributed by atoms with Crippen LogP contribution in [0.25, 0.3) is 0 Å². The molecule has 0 N–H and O–H groups in total. The number of carbonyl (C=O) groups is 1. The van der Waals surface area contributed by atoms with Crippen molar-refractivity contribution in [3.05, 3.63) is 60.2 Å². The van der Waals surface area contributed by atoms with Gasteiger partial charge in [-0.15, -0.1) is 0 Å². The van der Waals surface area contributed by atoms with E-state index in [0.717, 1.165) is 63.3 Å². The van der Waals surface area contributed by atoms with Gasteiger partial charge in [0.1, 0.15) is 11.5 Å². The molecule has 2 heterocycles. The van der Waals surface area contributed by atoms with Gasteiger partial charge in [0.15, 0.2) is 0 Å². The smallest absolute Gasteiger partial charge is 0.225 e. The van der Waals surface area contributed by atoms with Gasteiger partial charge in [0.25, 0.3) is 0 Å². The second-order valence-electron chi connectivity index (χ2n) is 9.67. The van der Waals surface area contributed by atoms with E-state index in [-0.39, 0.29) is 11.0 Å². The number of amides is 1. The van der Waals surface area contributed by atoms with Crippen LogP contribution in [0.15, 0.2) is 54.6 Å². The van der Waals surface area contributed by atoms with Crippen molar-refractivity contribution < 1.29 is 14.3 Å². The minimum atomic E-state index is -0.188. The van der Waals surface area contributed by atoms with E-state index in [2.05, 4.69) is 30.0 Å². The molecule has 0 unspecified atom stereocenters. The Kier molecular flexibility index (Phi) is 5.51. The van der Waals surface area contributed by atoms with Gasteiger partial charge in [0, 0.05) is 19.0 Å². The highest BCUT2D eigenvalue weighted by atomic mass is 16.5. The monoisotopic (exact) mass is 419 g/mol. The molecule has 4 fully saturated rings. The standard InChI is InChI=1S/C27H33NO3/c1-2-28(25(29)21-11-12-21)18-17-26-13-15-27(16-14-26,30-20-26)22-7-6-10-24(19-22)31-23-8-4-3-5-9-23/h3-10,19,21H,2,11-18,20H2,1H3. The maximum Gasteiger partial charge on any atom is 0.225 e. The van der Waals surface area contributed by atoms with Crippen LogP contribution in [-0.4, -0.2) is 30.5 Å². The van der Waals surface area contributed by atoms with Crippen molar-refractivity contribution in [2.75, 3.05) is 19.7 Å². The molecule has 2 bridgehead atoms. The Morgan fingerprint density at radius 1 is 1.03 bits per heavy atom. The minimum absolute atomic E-state index is 0.188. The molecule has 0 radical (unpaired) electrons. The molecule has 2 aromatic rings. The van der Waals surface area contributed by atoms with Gasteiger partial charge in [-0.2, -0.15) is 0 Å². The summed E-state index contributed by atoms with van der Waals surface area (Å²) in [6.07, 6.45) is 7.66. The molecule has 2 saturated carbocycles. The number of fused-ring (bicyclic) bond motifs is 3. The highest BCUT2D eigenvalue weighted by Crippen LogP contribution is 2.55. The molecule has 2 aliphatic heterocycles. The van der Waals surface area contributed by atoms with Crippen LogP contribution in [0.1, 0.15) is 57.4 Å². The fraction of sp³-hybridized carbons (Fsp3) is 0.519. The highest BCUT2D eigenvalue weighted by molar-refractivity contribution is 5.81. The Morgan fingerprint density at radius 2 is 1.77 bits per heavy atom. The molecule has 2 aromatic carbocycles. The molecule has 4 aliphatic rings. The Bertz CT molecular complexity index is 897. The van der Waals surface area contributed by atoms with Crippen LogP contribution in [0.5, 0.6) is 11.5 Å². The van der Waals surface area contributed by atoms with Crippen molar-refractivity contribution >= 4 is 5.91 Å². The van der Waals surface area contributed by atoms with Gasteiger partial charge in [0.2, 0.25) is 5.91 Å². The van der Waals surface area contributed by atoms with Crippen LogP contribution in [0.2, 0.25) is 0 Å². The first-order chi connectivity index (χ1) is 15.1. The molecule has 4 heteroatoms. The van der Waals surface area contributed by atoms with Crippen molar-refractivity contribution in [2.45, 2.75) is 57.5 Å². The lowest BCUT2D eigenvalue weighted by Crippen LogP contribution is -2.50. The van der Waals surface area contributed by atoms with E-state index >= 15 is 0 Å². The fourth-order valence-corrected chi connectivity index (χ4v) is 5.31. The topological polar surface area (TPSA) is 38.8 Å². The molecule has 0 atom stereocenters. The molecule has 164 valence electrons. The van der Waals surface area contributed by atoms with Crippen LogP contribution in [0, 0.1) is 11.3 Å². The van der Waals surface area contributed by atoms with Gasteiger partial charge in [-0.3, -0.25) is 4.79 Å². The zero-order valence-electron chi connectivity index (χ0n) is 18.5. The Morgan fingerprint density at radius 3 is 2.42 bits per heavy atom. The van der Waals surface area contributed by atoms with E-state index in [9.17, 15) is 4.79 Å². The number of hydrogen-bond donors (Lipinski definition) is 0. The van der Waals surface area contributed by atoms with Crippen LogP contribution in [0.3, 0.4) is 0 Å². The molecule has 2 aliphatic carbocycles. The van der Waals surface area contributed by atoms with Gasteiger partial charge in [-0.1, -0.05) is 30.3 Å². The number of para-hydroxylation sites is 1. The van der Waals surface area contributed by atoms with Crippen molar-refractivity contribution in [1.82, 2.24) is 4.90 Å². The zero-order valence-corrected chi connectivity index (χ0v) is 18.5. The summed E-state index contributed by atoms with van der Waals surface area (Å²) in [7, 11) is 0. The molecule has 0 aromatic heterocycles. The van der Waals surface area contributed by atoms with Gasteiger partial charge in [0.05, 0.1) is 12.2 Å². The summed E-state index contributed by atoms with van der Waals surface area (Å²) < 4.78 is 12.6. The normalized spacial score (nSPS) is 27.1. The van der Waals surface area contributed by atoms with Crippen molar-refractivity contribution in [1.29, 1.82) is 0 Å². The SMILES string of the molecule is CCN(CCC12CCC(c3cccc(Oc4ccccc4)c3)(CC1)OC2)C(=O)C1CC1. The molecule has 2 saturated heterocycles. The quantitative estimate of drug-likeness (QED) is 0.534. The molecule has 6 rings (SSSR count). The number of nitrogens with zero attached hydrogens (tertiary/aromatic N) is 1. The predicted octanol–water partition coefficient (Wildman–Crippen LogP) is 5.91. The largest absolute Gasteiger partial charge is 0.457 e. The summed E-state index contributed by atoms with van der Waals surface area (Å²) in [5.41, 5.74) is 1.27. The summed E-state index contributed by atoms with van der Waals surface area (Å²) in [4.78, 5) is 14.6. The van der Waals surface area contributed by atoms with E-state index in [4.69, 9.17) is 9.47 Å². The molecule has 31 heavy (non-hydrogen) atoms. The van der Waals surface area contributed by atoms with Crippen molar-refractivity contribution in [3.63, 3.8) is 0 Å². The van der Waals surface area contributed by atoms with Crippen LogP contribution in [0.4, 0.5) is 0 Å². The lowest BCUT2D eigenvalue weighted by atomic mass is 9.63. The second-order valence-corrected chi connectivity index (χ2v) is 9.67. The summed E-state index contributed by atoms with van der Waals surface area (Å²) >= 11 is 0. The van der Waals surface area contributed by atoms with E-state index in [1.807, 2.05) is 36.4 Å². The Labute approximate surface area is 185 Å². The van der Waals surface area contributed by atoms with Gasteiger partial charge in [-0.05, 0) is 87.1 Å². The average molecular weight is 420 g/mol. The van der Waals surface area contributed by atoms with Gasteiger partial charge < -0.3 is 14.4 Å². The van der Waals surface area contributed by atoms with E-state index in [0.29, 0.717) is 11.8 Å². The third kappa shape index (κ3) is 4.23. The van der Waals surface area contributed by atoms with E-state index in [1.165, 1.54) is 18.4 Å². The number of rotatable bonds is 8. The first-order valence-electron chi connectivity index (χ1n) is 11.9. The zero-order chi connectivity index (χ0) is 21.3. The van der Waals surface area contributed by atoms with Crippen molar-refractivity contribution in [3.8, 4) is 11.5 Å². The van der Waals surface area contributed by atoms with Gasteiger partial charge in [-0.25, -0.2) is 0 Å². The predicted molar refractivity (Wildman–Crippen MR) is 121 cm³/mol. The number of hydrogen-bond acceptors (Lipinski definition) is 3. The molecular weight excluding hydrogens is 386 g/mol. The first kappa shape index (κ1) is 20.6. The van der Waals surface area contributed by atoms with Crippen LogP contribution in [-0.2, 0) is 15.1 Å².